The Bertz CT molecular complexity index is 563. The van der Waals surface area contributed by atoms with E-state index in [1.165, 1.54) is 11.3 Å². The summed E-state index contributed by atoms with van der Waals surface area (Å²) in [6, 6.07) is 5.76. The predicted molar refractivity (Wildman–Crippen MR) is 103 cm³/mol. The predicted octanol–water partition coefficient (Wildman–Crippen LogP) is 0.881. The van der Waals surface area contributed by atoms with Crippen LogP contribution < -0.4 is 4.90 Å². The summed E-state index contributed by atoms with van der Waals surface area (Å²) >= 11 is 0. The number of hydrogen-bond donors (Lipinski definition) is 4. The van der Waals surface area contributed by atoms with Crippen LogP contribution in [-0.4, -0.2) is 75.9 Å². The molecular weight excluding hydrogens is 332 g/mol. The molecule has 0 amide bonds. The molecule has 26 heavy (non-hydrogen) atoms. The molecule has 1 aliphatic heterocycles. The number of benzene rings is 1. The van der Waals surface area contributed by atoms with Crippen LogP contribution in [0.1, 0.15) is 37.8 Å². The van der Waals surface area contributed by atoms with E-state index in [9.17, 15) is 20.4 Å². The molecular formula is C20H34N2O4. The van der Waals surface area contributed by atoms with Crippen LogP contribution in [0.3, 0.4) is 0 Å². The van der Waals surface area contributed by atoms with Gasteiger partial charge in [0.2, 0.25) is 0 Å². The molecule has 0 aromatic heterocycles. The first-order valence-corrected chi connectivity index (χ1v) is 9.66. The average molecular weight is 367 g/mol. The van der Waals surface area contributed by atoms with Crippen LogP contribution in [0.5, 0.6) is 0 Å². The Morgan fingerprint density at radius 3 is 2.27 bits per heavy atom. The highest BCUT2D eigenvalue weighted by atomic mass is 16.4. The Morgan fingerprint density at radius 2 is 1.73 bits per heavy atom. The summed E-state index contributed by atoms with van der Waals surface area (Å²) < 4.78 is 0. The van der Waals surface area contributed by atoms with Gasteiger partial charge in [-0.2, -0.15) is 0 Å². The third kappa shape index (κ3) is 4.75. The van der Waals surface area contributed by atoms with E-state index >= 15 is 0 Å². The van der Waals surface area contributed by atoms with Gasteiger partial charge >= 0.3 is 0 Å². The highest BCUT2D eigenvalue weighted by molar-refractivity contribution is 5.54. The average Bonchev–Trinajstić information content (AvgIpc) is 2.60. The Kier molecular flexibility index (Phi) is 7.85. The van der Waals surface area contributed by atoms with Gasteiger partial charge in [0.15, 0.2) is 0 Å². The molecule has 0 aliphatic carbocycles. The fraction of sp³-hybridized carbons (Fsp3) is 0.700. The minimum Gasteiger partial charge on any atom is -0.395 e. The van der Waals surface area contributed by atoms with Crippen molar-refractivity contribution in [2.75, 3.05) is 31.1 Å². The van der Waals surface area contributed by atoms with Crippen LogP contribution >= 0.6 is 0 Å². The zero-order valence-electron chi connectivity index (χ0n) is 16.2. The molecule has 0 spiro atoms. The molecule has 1 aliphatic rings. The van der Waals surface area contributed by atoms with E-state index in [1.807, 2.05) is 4.90 Å². The first-order chi connectivity index (χ1) is 12.4. The van der Waals surface area contributed by atoms with Crippen LogP contribution in [0.4, 0.5) is 5.69 Å². The summed E-state index contributed by atoms with van der Waals surface area (Å²) in [6.45, 7) is 9.00. The Balaban J connectivity index is 2.15. The topological polar surface area (TPSA) is 87.4 Å². The molecule has 1 aromatic rings. The monoisotopic (exact) mass is 366 g/mol. The molecule has 0 bridgehead atoms. The maximum atomic E-state index is 10.1. The van der Waals surface area contributed by atoms with Crippen molar-refractivity contribution in [2.45, 2.75) is 64.5 Å². The van der Waals surface area contributed by atoms with Crippen molar-refractivity contribution in [3.05, 3.63) is 29.3 Å². The number of piperidine rings is 1. The molecule has 6 heteroatoms. The molecule has 1 saturated heterocycles. The van der Waals surface area contributed by atoms with Crippen molar-refractivity contribution >= 4 is 5.69 Å². The smallest absolute Gasteiger partial charge is 0.109 e. The van der Waals surface area contributed by atoms with Crippen molar-refractivity contribution in [1.82, 2.24) is 4.90 Å². The summed E-state index contributed by atoms with van der Waals surface area (Å²) in [5.41, 5.74) is 3.50. The number of aliphatic hydroxyl groups is 4. The molecule has 148 valence electrons. The summed E-state index contributed by atoms with van der Waals surface area (Å²) in [6.07, 6.45) is -1.19. The number of β-amino-alcohol motifs (C(OH)–C–C–N with tert-alkyl or cyclic N) is 1. The maximum absolute atomic E-state index is 10.1. The standard InChI is InChI=1S/C20H34N2O4/c1-4-8-21(9-5-2)16-7-6-15(10-14(16)3)11-22-12-18(24)20(26)19(25)17(22)13-23/h6-7,10,17-20,23-26H,4-5,8-9,11-13H2,1-3H3/t17-,18-,19?,20+/m0/s1. The van der Waals surface area contributed by atoms with Gasteiger partial charge < -0.3 is 25.3 Å². The second-order valence-electron chi connectivity index (χ2n) is 7.34. The summed E-state index contributed by atoms with van der Waals surface area (Å²) in [4.78, 5) is 4.24. The number of aryl methyl sites for hydroxylation is 1. The SMILES string of the molecule is CCCN(CCC)c1ccc(CN2C[C@H](O)[C@@H](O)C(O)[C@@H]2CO)cc1C. The molecule has 1 fully saturated rings. The van der Waals surface area contributed by atoms with E-state index in [-0.39, 0.29) is 13.2 Å². The number of likely N-dealkylation sites (tertiary alicyclic amines) is 1. The Morgan fingerprint density at radius 1 is 1.08 bits per heavy atom. The number of rotatable bonds is 8. The molecule has 0 saturated carbocycles. The fourth-order valence-electron chi connectivity index (χ4n) is 3.86. The van der Waals surface area contributed by atoms with Crippen molar-refractivity contribution in [3.8, 4) is 0 Å². The van der Waals surface area contributed by atoms with Crippen LogP contribution in [0.2, 0.25) is 0 Å². The lowest BCUT2D eigenvalue weighted by Gasteiger charge is -2.43. The number of nitrogens with zero attached hydrogens (tertiary/aromatic N) is 2. The fourth-order valence-corrected chi connectivity index (χ4v) is 3.86. The lowest BCUT2D eigenvalue weighted by Crippen LogP contribution is -2.62. The largest absolute Gasteiger partial charge is 0.395 e. The highest BCUT2D eigenvalue weighted by Gasteiger charge is 2.40. The van der Waals surface area contributed by atoms with Crippen molar-refractivity contribution in [2.24, 2.45) is 0 Å². The zero-order chi connectivity index (χ0) is 19.3. The minimum atomic E-state index is -1.22. The highest BCUT2D eigenvalue weighted by Crippen LogP contribution is 2.25. The van der Waals surface area contributed by atoms with Crippen LogP contribution in [-0.2, 0) is 6.54 Å². The molecule has 4 N–H and O–H groups in total. The van der Waals surface area contributed by atoms with Gasteiger partial charge in [-0.25, -0.2) is 0 Å². The second-order valence-corrected chi connectivity index (χ2v) is 7.34. The van der Waals surface area contributed by atoms with Gasteiger partial charge in [-0.05, 0) is 37.0 Å². The molecule has 1 heterocycles. The van der Waals surface area contributed by atoms with Crippen molar-refractivity contribution in [1.29, 1.82) is 0 Å². The first kappa shape index (κ1) is 21.1. The zero-order valence-corrected chi connectivity index (χ0v) is 16.2. The quantitative estimate of drug-likeness (QED) is 0.546. The summed E-state index contributed by atoms with van der Waals surface area (Å²) in [7, 11) is 0. The lowest BCUT2D eigenvalue weighted by molar-refractivity contribution is -0.147. The van der Waals surface area contributed by atoms with Gasteiger partial charge in [-0.15, -0.1) is 0 Å². The molecule has 1 unspecified atom stereocenters. The number of anilines is 1. The van der Waals surface area contributed by atoms with Gasteiger partial charge in [0.25, 0.3) is 0 Å². The second kappa shape index (κ2) is 9.67. The van der Waals surface area contributed by atoms with Crippen molar-refractivity contribution < 1.29 is 20.4 Å². The van der Waals surface area contributed by atoms with E-state index in [0.29, 0.717) is 6.54 Å². The molecule has 2 rings (SSSR count). The lowest BCUT2D eigenvalue weighted by atomic mass is 9.93. The molecule has 1 aromatic carbocycles. The van der Waals surface area contributed by atoms with E-state index < -0.39 is 24.4 Å². The van der Waals surface area contributed by atoms with Gasteiger partial charge in [-0.3, -0.25) is 4.90 Å². The minimum absolute atomic E-state index is 0.224. The summed E-state index contributed by atoms with van der Waals surface area (Å²) in [5, 5.41) is 39.5. The van der Waals surface area contributed by atoms with Gasteiger partial charge in [0.05, 0.1) is 18.8 Å². The molecule has 6 nitrogen and oxygen atoms in total. The van der Waals surface area contributed by atoms with E-state index in [2.05, 4.69) is 43.9 Å². The molecule has 4 atom stereocenters. The Hall–Kier alpha value is -1.18. The van der Waals surface area contributed by atoms with E-state index in [4.69, 9.17) is 0 Å². The van der Waals surface area contributed by atoms with Crippen LogP contribution in [0.25, 0.3) is 0 Å². The van der Waals surface area contributed by atoms with Crippen LogP contribution in [0, 0.1) is 6.92 Å². The first-order valence-electron chi connectivity index (χ1n) is 9.66. The maximum Gasteiger partial charge on any atom is 0.109 e. The van der Waals surface area contributed by atoms with Gasteiger partial charge in [0.1, 0.15) is 12.2 Å². The third-order valence-electron chi connectivity index (χ3n) is 5.19. The Labute approximate surface area is 156 Å². The van der Waals surface area contributed by atoms with Crippen LogP contribution in [0.15, 0.2) is 18.2 Å². The van der Waals surface area contributed by atoms with Gasteiger partial charge in [-0.1, -0.05) is 26.0 Å². The number of aliphatic hydroxyl groups excluding tert-OH is 4. The van der Waals surface area contributed by atoms with E-state index in [1.54, 1.807) is 0 Å². The third-order valence-corrected chi connectivity index (χ3v) is 5.19. The number of hydrogen-bond acceptors (Lipinski definition) is 6. The molecule has 0 radical (unpaired) electrons. The van der Waals surface area contributed by atoms with Gasteiger partial charge in [0, 0.05) is 31.9 Å². The van der Waals surface area contributed by atoms with Crippen molar-refractivity contribution in [3.63, 3.8) is 0 Å². The van der Waals surface area contributed by atoms with E-state index in [0.717, 1.165) is 31.5 Å². The normalized spacial score (nSPS) is 26.9. The summed E-state index contributed by atoms with van der Waals surface area (Å²) in [5.74, 6) is 0.